The van der Waals surface area contributed by atoms with Crippen LogP contribution in [0.5, 0.6) is 0 Å². The summed E-state index contributed by atoms with van der Waals surface area (Å²) >= 11 is 0. The van der Waals surface area contributed by atoms with Gasteiger partial charge >= 0.3 is 5.97 Å². The Hall–Kier alpha value is -1.10. The second-order valence-corrected chi connectivity index (χ2v) is 3.39. The molecule has 1 aliphatic rings. The Balaban J connectivity index is 2.69. The van der Waals surface area contributed by atoms with Gasteiger partial charge in [-0.1, -0.05) is 6.92 Å². The molecule has 0 aromatic rings. The summed E-state index contributed by atoms with van der Waals surface area (Å²) in [7, 11) is 0. The minimum Gasteiger partial charge on any atom is -0.481 e. The summed E-state index contributed by atoms with van der Waals surface area (Å²) in [6, 6.07) is -0.500. The zero-order chi connectivity index (χ0) is 10.6. The molecule has 5 heteroatoms. The molecule has 0 aromatic carbocycles. The summed E-state index contributed by atoms with van der Waals surface area (Å²) in [6.07, 6.45) is 0.773. The molecule has 1 aliphatic heterocycles. The van der Waals surface area contributed by atoms with E-state index in [1.807, 2.05) is 11.8 Å². The lowest BCUT2D eigenvalue weighted by Crippen LogP contribution is -2.45. The van der Waals surface area contributed by atoms with E-state index in [2.05, 4.69) is 5.32 Å². The van der Waals surface area contributed by atoms with Gasteiger partial charge in [0, 0.05) is 13.1 Å². The van der Waals surface area contributed by atoms with Gasteiger partial charge in [-0.25, -0.2) is 0 Å². The lowest BCUT2D eigenvalue weighted by Gasteiger charge is -2.25. The van der Waals surface area contributed by atoms with Crippen molar-refractivity contribution in [2.75, 3.05) is 19.6 Å². The number of carbonyl (C=O) groups is 2. The topological polar surface area (TPSA) is 69.6 Å². The lowest BCUT2D eigenvalue weighted by molar-refractivity contribution is -0.141. The molecule has 1 atom stereocenters. The van der Waals surface area contributed by atoms with Crippen molar-refractivity contribution in [2.45, 2.75) is 25.8 Å². The third-order valence-electron chi connectivity index (χ3n) is 2.44. The largest absolute Gasteiger partial charge is 0.481 e. The summed E-state index contributed by atoms with van der Waals surface area (Å²) in [6.45, 7) is 4.08. The molecule has 1 saturated heterocycles. The number of carbonyl (C=O) groups excluding carboxylic acids is 1. The van der Waals surface area contributed by atoms with E-state index in [0.29, 0.717) is 13.1 Å². The number of nitrogens with one attached hydrogen (secondary N) is 1. The molecule has 80 valence electrons. The zero-order valence-corrected chi connectivity index (χ0v) is 8.32. The zero-order valence-electron chi connectivity index (χ0n) is 8.32. The van der Waals surface area contributed by atoms with E-state index < -0.39 is 12.0 Å². The van der Waals surface area contributed by atoms with E-state index in [1.54, 1.807) is 0 Å². The third-order valence-corrected chi connectivity index (χ3v) is 2.44. The molecule has 0 aromatic heterocycles. The number of hydrogen-bond donors (Lipinski definition) is 2. The number of hydrogen-bond acceptors (Lipinski definition) is 3. The molecule has 14 heavy (non-hydrogen) atoms. The third kappa shape index (κ3) is 2.70. The fourth-order valence-electron chi connectivity index (χ4n) is 1.70. The maximum absolute atomic E-state index is 11.5. The number of rotatable bonds is 3. The maximum atomic E-state index is 11.5. The van der Waals surface area contributed by atoms with Gasteiger partial charge in [0.2, 0.25) is 5.91 Å². The number of amides is 1. The highest BCUT2D eigenvalue weighted by Gasteiger charge is 2.28. The van der Waals surface area contributed by atoms with Crippen LogP contribution >= 0.6 is 0 Å². The van der Waals surface area contributed by atoms with Crippen LogP contribution in [0.1, 0.15) is 19.8 Å². The normalized spacial score (nSPS) is 24.1. The highest BCUT2D eigenvalue weighted by molar-refractivity contribution is 5.86. The maximum Gasteiger partial charge on any atom is 0.305 e. The Morgan fingerprint density at radius 2 is 2.43 bits per heavy atom. The number of aliphatic carboxylic acids is 1. The van der Waals surface area contributed by atoms with Crippen molar-refractivity contribution >= 4 is 11.9 Å². The highest BCUT2D eigenvalue weighted by atomic mass is 16.4. The van der Waals surface area contributed by atoms with Crippen molar-refractivity contribution in [3.05, 3.63) is 0 Å². The molecule has 1 amide bonds. The van der Waals surface area contributed by atoms with Crippen LogP contribution in [0.25, 0.3) is 0 Å². The number of nitrogens with zero attached hydrogens (tertiary/aromatic N) is 1. The predicted octanol–water partition coefficient (Wildman–Crippen LogP) is -0.328. The first kappa shape index (κ1) is 11.0. The monoisotopic (exact) mass is 200 g/mol. The van der Waals surface area contributed by atoms with Crippen LogP contribution in [-0.4, -0.2) is 47.6 Å². The second kappa shape index (κ2) is 4.95. The van der Waals surface area contributed by atoms with Gasteiger partial charge in [0.25, 0.3) is 0 Å². The summed E-state index contributed by atoms with van der Waals surface area (Å²) in [4.78, 5) is 24.0. The molecule has 5 nitrogen and oxygen atoms in total. The van der Waals surface area contributed by atoms with E-state index in [9.17, 15) is 9.59 Å². The summed E-state index contributed by atoms with van der Waals surface area (Å²) < 4.78 is 0. The van der Waals surface area contributed by atoms with Crippen LogP contribution in [0.15, 0.2) is 0 Å². The van der Waals surface area contributed by atoms with E-state index in [-0.39, 0.29) is 12.3 Å². The predicted molar refractivity (Wildman–Crippen MR) is 50.9 cm³/mol. The number of carboxylic acids is 1. The van der Waals surface area contributed by atoms with E-state index in [4.69, 9.17) is 5.11 Å². The molecule has 1 unspecified atom stereocenters. The second-order valence-electron chi connectivity index (χ2n) is 3.39. The molecular weight excluding hydrogens is 184 g/mol. The van der Waals surface area contributed by atoms with Crippen LogP contribution in [0, 0.1) is 0 Å². The lowest BCUT2D eigenvalue weighted by atomic mass is 10.1. The quantitative estimate of drug-likeness (QED) is 0.654. The Morgan fingerprint density at radius 1 is 1.71 bits per heavy atom. The molecule has 2 N–H and O–H groups in total. The Morgan fingerprint density at radius 3 is 3.00 bits per heavy atom. The Labute approximate surface area is 83.1 Å². The fraction of sp³-hybridized carbons (Fsp3) is 0.778. The van der Waals surface area contributed by atoms with Gasteiger partial charge in [-0.3, -0.25) is 14.5 Å². The van der Waals surface area contributed by atoms with Crippen molar-refractivity contribution in [3.63, 3.8) is 0 Å². The summed E-state index contributed by atoms with van der Waals surface area (Å²) in [5, 5.41) is 11.4. The SMILES string of the molecule is CCN1CCCNC(=O)C1CC(=O)O. The van der Waals surface area contributed by atoms with Gasteiger partial charge in [0.15, 0.2) is 0 Å². The molecule has 0 bridgehead atoms. The minimum absolute atomic E-state index is 0.111. The molecule has 0 radical (unpaired) electrons. The van der Waals surface area contributed by atoms with Crippen LogP contribution in [0.3, 0.4) is 0 Å². The fourth-order valence-corrected chi connectivity index (χ4v) is 1.70. The molecular formula is C9H16N2O3. The number of likely N-dealkylation sites (N-methyl/N-ethyl adjacent to an activating group) is 1. The average molecular weight is 200 g/mol. The standard InChI is InChI=1S/C9H16N2O3/c1-2-11-5-3-4-10-9(14)7(11)6-8(12)13/h7H,2-6H2,1H3,(H,10,14)(H,12,13). The van der Waals surface area contributed by atoms with Crippen LogP contribution in [-0.2, 0) is 9.59 Å². The summed E-state index contributed by atoms with van der Waals surface area (Å²) in [5.41, 5.74) is 0. The van der Waals surface area contributed by atoms with Crippen LogP contribution in [0.4, 0.5) is 0 Å². The van der Waals surface area contributed by atoms with Crippen molar-refractivity contribution in [2.24, 2.45) is 0 Å². The molecule has 0 aliphatic carbocycles. The van der Waals surface area contributed by atoms with Gasteiger partial charge < -0.3 is 10.4 Å². The minimum atomic E-state index is -0.925. The Bertz CT molecular complexity index is 230. The smallest absolute Gasteiger partial charge is 0.305 e. The van der Waals surface area contributed by atoms with Gasteiger partial charge in [0.05, 0.1) is 12.5 Å². The van der Waals surface area contributed by atoms with Gasteiger partial charge in [-0.15, -0.1) is 0 Å². The first-order chi connectivity index (χ1) is 6.65. The highest BCUT2D eigenvalue weighted by Crippen LogP contribution is 2.08. The first-order valence-corrected chi connectivity index (χ1v) is 4.88. The average Bonchev–Trinajstić information content (AvgIpc) is 2.29. The van der Waals surface area contributed by atoms with Crippen molar-refractivity contribution < 1.29 is 14.7 Å². The summed E-state index contributed by atoms with van der Waals surface area (Å²) in [5.74, 6) is -1.09. The molecule has 1 heterocycles. The van der Waals surface area contributed by atoms with Crippen LogP contribution < -0.4 is 5.32 Å². The van der Waals surface area contributed by atoms with E-state index in [0.717, 1.165) is 13.0 Å². The van der Waals surface area contributed by atoms with Gasteiger partial charge in [0.1, 0.15) is 0 Å². The van der Waals surface area contributed by atoms with E-state index >= 15 is 0 Å². The van der Waals surface area contributed by atoms with Crippen molar-refractivity contribution in [1.82, 2.24) is 10.2 Å². The molecule has 0 saturated carbocycles. The van der Waals surface area contributed by atoms with Gasteiger partial charge in [-0.05, 0) is 13.0 Å². The molecule has 1 fully saturated rings. The Kier molecular flexibility index (Phi) is 3.88. The van der Waals surface area contributed by atoms with Crippen LogP contribution in [0.2, 0.25) is 0 Å². The van der Waals surface area contributed by atoms with Crippen molar-refractivity contribution in [1.29, 1.82) is 0 Å². The van der Waals surface area contributed by atoms with Gasteiger partial charge in [-0.2, -0.15) is 0 Å². The van der Waals surface area contributed by atoms with E-state index in [1.165, 1.54) is 0 Å². The molecule has 1 rings (SSSR count). The molecule has 0 spiro atoms. The first-order valence-electron chi connectivity index (χ1n) is 4.88. The van der Waals surface area contributed by atoms with Crippen molar-refractivity contribution in [3.8, 4) is 0 Å². The number of carboxylic acid groups (broad SMARTS) is 1.